The normalized spacial score (nSPS) is 20.6. The van der Waals surface area contributed by atoms with Crippen LogP contribution in [0.5, 0.6) is 5.75 Å². The van der Waals surface area contributed by atoms with Crippen molar-refractivity contribution in [3.05, 3.63) is 53.9 Å². The number of hydrogen-bond acceptors (Lipinski definition) is 4. The molecule has 33 heavy (non-hydrogen) atoms. The highest BCUT2D eigenvalue weighted by atomic mass is 19.4. The number of anilines is 1. The highest BCUT2D eigenvalue weighted by Gasteiger charge is 2.65. The molecule has 1 aromatic carbocycles. The number of carbonyl (C=O) groups is 2. The van der Waals surface area contributed by atoms with Gasteiger partial charge >= 0.3 is 12.4 Å². The number of hydrogen-bond donors (Lipinski definition) is 0. The molecule has 2 aromatic rings. The molecule has 9 heteroatoms. The Hall–Kier alpha value is -3.10. The first kappa shape index (κ1) is 21.7. The monoisotopic (exact) mass is 459 g/mol. The van der Waals surface area contributed by atoms with Gasteiger partial charge in [-0.15, -0.1) is 13.2 Å². The lowest BCUT2D eigenvalue weighted by molar-refractivity contribution is -0.274. The van der Waals surface area contributed by atoms with E-state index in [0.717, 1.165) is 41.1 Å². The van der Waals surface area contributed by atoms with Crippen LogP contribution in [0, 0.1) is 0 Å². The van der Waals surface area contributed by atoms with E-state index in [-0.39, 0.29) is 11.6 Å². The fourth-order valence-electron chi connectivity index (χ4n) is 4.96. The third-order valence-corrected chi connectivity index (χ3v) is 6.80. The van der Waals surface area contributed by atoms with E-state index in [9.17, 15) is 22.8 Å². The van der Waals surface area contributed by atoms with Gasteiger partial charge in [0.25, 0.3) is 5.91 Å². The predicted molar refractivity (Wildman–Crippen MR) is 114 cm³/mol. The number of alkyl halides is 3. The molecule has 0 unspecified atom stereocenters. The van der Waals surface area contributed by atoms with Gasteiger partial charge in [-0.05, 0) is 67.6 Å². The molecule has 0 N–H and O–H groups in total. The number of imide groups is 1. The summed E-state index contributed by atoms with van der Waals surface area (Å²) in [5.41, 5.74) is 1.32. The van der Waals surface area contributed by atoms with Crippen LogP contribution in [0.25, 0.3) is 0 Å². The molecule has 2 heterocycles. The van der Waals surface area contributed by atoms with E-state index in [2.05, 4.69) is 9.72 Å². The van der Waals surface area contributed by atoms with Crippen LogP contribution >= 0.6 is 0 Å². The molecule has 3 aliphatic rings. The van der Waals surface area contributed by atoms with Crippen molar-refractivity contribution < 1.29 is 27.5 Å². The molecular formula is C24H24F3N3O3. The zero-order valence-corrected chi connectivity index (χ0v) is 18.0. The van der Waals surface area contributed by atoms with Gasteiger partial charge in [0, 0.05) is 24.4 Å². The van der Waals surface area contributed by atoms with E-state index >= 15 is 0 Å². The van der Waals surface area contributed by atoms with Crippen molar-refractivity contribution in [2.75, 3.05) is 4.90 Å². The van der Waals surface area contributed by atoms with Gasteiger partial charge in [0.05, 0.1) is 5.69 Å². The second kappa shape index (κ2) is 8.04. The number of halogens is 3. The van der Waals surface area contributed by atoms with Gasteiger partial charge in [0.15, 0.2) is 0 Å². The van der Waals surface area contributed by atoms with Crippen molar-refractivity contribution in [2.24, 2.45) is 0 Å². The van der Waals surface area contributed by atoms with Crippen molar-refractivity contribution >= 4 is 17.6 Å². The Morgan fingerprint density at radius 1 is 1.03 bits per heavy atom. The largest absolute Gasteiger partial charge is 0.573 e. The summed E-state index contributed by atoms with van der Waals surface area (Å²) >= 11 is 0. The van der Waals surface area contributed by atoms with Crippen LogP contribution in [0.1, 0.15) is 62.1 Å². The maximum absolute atomic E-state index is 13.3. The highest BCUT2D eigenvalue weighted by molar-refractivity contribution is 6.24. The SMILES string of the molecule is O=C1N(c2ccc(OC(F)(F)F)cc2)C(=O)C2(CC2)N1Cc1ccnc(C2CCCCC2)c1. The van der Waals surface area contributed by atoms with Crippen molar-refractivity contribution in [3.8, 4) is 5.75 Å². The van der Waals surface area contributed by atoms with Crippen molar-refractivity contribution in [2.45, 2.75) is 69.3 Å². The molecule has 1 saturated heterocycles. The van der Waals surface area contributed by atoms with Crippen molar-refractivity contribution in [1.82, 2.24) is 9.88 Å². The van der Waals surface area contributed by atoms with E-state index in [4.69, 9.17) is 0 Å². The zero-order chi connectivity index (χ0) is 23.2. The number of benzene rings is 1. The van der Waals surface area contributed by atoms with Crippen LogP contribution in [0.15, 0.2) is 42.6 Å². The van der Waals surface area contributed by atoms with Crippen molar-refractivity contribution in [1.29, 1.82) is 0 Å². The molecule has 3 amide bonds. The molecule has 2 aliphatic carbocycles. The fraction of sp³-hybridized carbons (Fsp3) is 0.458. The Morgan fingerprint density at radius 2 is 1.73 bits per heavy atom. The zero-order valence-electron chi connectivity index (χ0n) is 18.0. The molecule has 0 bridgehead atoms. The van der Waals surface area contributed by atoms with Crippen LogP contribution in [0.2, 0.25) is 0 Å². The van der Waals surface area contributed by atoms with Crippen LogP contribution in [0.4, 0.5) is 23.7 Å². The molecule has 6 nitrogen and oxygen atoms in total. The van der Waals surface area contributed by atoms with Crippen LogP contribution in [-0.2, 0) is 11.3 Å². The van der Waals surface area contributed by atoms with Gasteiger partial charge < -0.3 is 9.64 Å². The van der Waals surface area contributed by atoms with E-state index in [1.54, 1.807) is 11.1 Å². The Morgan fingerprint density at radius 3 is 2.36 bits per heavy atom. The maximum Gasteiger partial charge on any atom is 0.573 e. The van der Waals surface area contributed by atoms with Gasteiger partial charge in [0.2, 0.25) is 0 Å². The molecule has 3 fully saturated rings. The smallest absolute Gasteiger partial charge is 0.406 e. The third-order valence-electron chi connectivity index (χ3n) is 6.80. The summed E-state index contributed by atoms with van der Waals surface area (Å²) in [6, 6.07) is 8.24. The number of aromatic nitrogens is 1. The molecule has 2 saturated carbocycles. The number of ether oxygens (including phenoxy) is 1. The van der Waals surface area contributed by atoms with E-state index in [1.165, 1.54) is 31.4 Å². The second-order valence-corrected chi connectivity index (χ2v) is 9.01. The number of carbonyl (C=O) groups excluding carboxylic acids is 2. The van der Waals surface area contributed by atoms with Gasteiger partial charge in [-0.25, -0.2) is 9.69 Å². The lowest BCUT2D eigenvalue weighted by Gasteiger charge is -2.24. The summed E-state index contributed by atoms with van der Waals surface area (Å²) in [5, 5.41) is 0. The minimum absolute atomic E-state index is 0.228. The molecule has 0 radical (unpaired) electrons. The van der Waals surface area contributed by atoms with Gasteiger partial charge in [-0.3, -0.25) is 9.78 Å². The summed E-state index contributed by atoms with van der Waals surface area (Å²) in [6.07, 6.45) is 3.97. The molecule has 1 aromatic heterocycles. The predicted octanol–water partition coefficient (Wildman–Crippen LogP) is 5.53. The van der Waals surface area contributed by atoms with E-state index < -0.39 is 23.7 Å². The maximum atomic E-state index is 13.3. The number of urea groups is 1. The standard InChI is InChI=1S/C24H24F3N3O3/c25-24(26,27)33-19-8-6-18(7-9-19)30-21(31)23(11-12-23)29(22(30)32)15-16-10-13-28-20(14-16)17-4-2-1-3-5-17/h6-10,13-14,17H,1-5,11-12,15H2. The first-order chi connectivity index (χ1) is 15.8. The lowest BCUT2D eigenvalue weighted by Crippen LogP contribution is -2.36. The highest BCUT2D eigenvalue weighted by Crippen LogP contribution is 2.50. The summed E-state index contributed by atoms with van der Waals surface area (Å²) in [6.45, 7) is 0.290. The number of pyridine rings is 1. The number of rotatable bonds is 5. The van der Waals surface area contributed by atoms with E-state index in [0.29, 0.717) is 25.3 Å². The van der Waals surface area contributed by atoms with Crippen LogP contribution in [0.3, 0.4) is 0 Å². The minimum Gasteiger partial charge on any atom is -0.406 e. The Balaban J connectivity index is 1.36. The molecule has 1 spiro atoms. The summed E-state index contributed by atoms with van der Waals surface area (Å²) in [5.74, 6) is -0.313. The first-order valence-electron chi connectivity index (χ1n) is 11.2. The van der Waals surface area contributed by atoms with Crippen molar-refractivity contribution in [3.63, 3.8) is 0 Å². The number of nitrogens with zero attached hydrogens (tertiary/aromatic N) is 3. The summed E-state index contributed by atoms with van der Waals surface area (Å²) < 4.78 is 41.2. The first-order valence-corrected chi connectivity index (χ1v) is 11.2. The summed E-state index contributed by atoms with van der Waals surface area (Å²) in [4.78, 5) is 33.7. The molecule has 1 aliphatic heterocycles. The molecule has 5 rings (SSSR count). The Labute approximate surface area is 189 Å². The molecule has 0 atom stereocenters. The van der Waals surface area contributed by atoms with E-state index in [1.807, 2.05) is 12.1 Å². The van der Waals surface area contributed by atoms with Gasteiger partial charge in [-0.2, -0.15) is 0 Å². The quantitative estimate of drug-likeness (QED) is 0.552. The van der Waals surface area contributed by atoms with Crippen LogP contribution < -0.4 is 9.64 Å². The third kappa shape index (κ3) is 4.16. The Kier molecular flexibility index (Phi) is 5.29. The minimum atomic E-state index is -4.81. The second-order valence-electron chi connectivity index (χ2n) is 9.01. The van der Waals surface area contributed by atoms with Gasteiger partial charge in [-0.1, -0.05) is 19.3 Å². The average molecular weight is 459 g/mol. The topological polar surface area (TPSA) is 62.7 Å². The average Bonchev–Trinajstić information content (AvgIpc) is 3.57. The molecular weight excluding hydrogens is 435 g/mol. The summed E-state index contributed by atoms with van der Waals surface area (Å²) in [7, 11) is 0. The van der Waals surface area contributed by atoms with Crippen LogP contribution in [-0.4, -0.2) is 33.7 Å². The lowest BCUT2D eigenvalue weighted by atomic mass is 9.86. The molecule has 174 valence electrons. The number of amides is 3. The van der Waals surface area contributed by atoms with Gasteiger partial charge in [0.1, 0.15) is 11.3 Å². The fourth-order valence-corrected chi connectivity index (χ4v) is 4.96. The Bertz CT molecular complexity index is 1060.